The van der Waals surface area contributed by atoms with E-state index in [1.54, 1.807) is 37.3 Å². The summed E-state index contributed by atoms with van der Waals surface area (Å²) < 4.78 is 10.2. The van der Waals surface area contributed by atoms with Crippen LogP contribution in [0.2, 0.25) is 0 Å². The number of ether oxygens (including phenoxy) is 2. The average molecular weight is 384 g/mol. The first kappa shape index (κ1) is 20.6. The predicted molar refractivity (Wildman–Crippen MR) is 104 cm³/mol. The van der Waals surface area contributed by atoms with Gasteiger partial charge in [-0.15, -0.1) is 0 Å². The first-order valence-electron chi connectivity index (χ1n) is 8.51. The zero-order valence-corrected chi connectivity index (χ0v) is 15.5. The van der Waals surface area contributed by atoms with E-state index in [4.69, 9.17) is 9.47 Å². The molecular formula is C20H20N2O6. The van der Waals surface area contributed by atoms with E-state index >= 15 is 0 Å². The van der Waals surface area contributed by atoms with Crippen molar-refractivity contribution in [1.82, 2.24) is 0 Å². The van der Waals surface area contributed by atoms with Crippen LogP contribution in [0, 0.1) is 17.0 Å². The average Bonchev–Trinajstić information content (AvgIpc) is 2.67. The van der Waals surface area contributed by atoms with Gasteiger partial charge in [-0.1, -0.05) is 18.2 Å². The van der Waals surface area contributed by atoms with Crippen molar-refractivity contribution in [1.29, 1.82) is 0 Å². The lowest BCUT2D eigenvalue weighted by Crippen LogP contribution is -2.20. The number of nitro groups is 1. The molecule has 0 bridgehead atoms. The van der Waals surface area contributed by atoms with Crippen LogP contribution in [-0.4, -0.2) is 30.0 Å². The molecule has 0 aliphatic carbocycles. The molecule has 2 aromatic carbocycles. The minimum absolute atomic E-state index is 0.104. The molecule has 2 rings (SSSR count). The molecule has 2 aromatic rings. The van der Waals surface area contributed by atoms with Gasteiger partial charge in [-0.25, -0.2) is 4.79 Å². The van der Waals surface area contributed by atoms with Crippen LogP contribution >= 0.6 is 0 Å². The minimum atomic E-state index is -0.682. The zero-order chi connectivity index (χ0) is 20.5. The van der Waals surface area contributed by atoms with E-state index in [0.717, 1.165) is 11.3 Å². The van der Waals surface area contributed by atoms with Gasteiger partial charge in [0.1, 0.15) is 5.75 Å². The van der Waals surface area contributed by atoms with Gasteiger partial charge in [-0.05, 0) is 43.7 Å². The summed E-state index contributed by atoms with van der Waals surface area (Å²) in [5.41, 5.74) is 1.40. The molecule has 0 atom stereocenters. The Bertz CT molecular complexity index is 890. The van der Waals surface area contributed by atoms with Gasteiger partial charge >= 0.3 is 5.97 Å². The molecule has 0 aliphatic heterocycles. The molecule has 8 heteroatoms. The van der Waals surface area contributed by atoms with Crippen LogP contribution in [0.1, 0.15) is 18.1 Å². The van der Waals surface area contributed by atoms with Crippen molar-refractivity contribution in [3.05, 3.63) is 69.8 Å². The lowest BCUT2D eigenvalue weighted by molar-refractivity contribution is -0.385. The Morgan fingerprint density at radius 2 is 1.89 bits per heavy atom. The summed E-state index contributed by atoms with van der Waals surface area (Å²) in [7, 11) is 0. The van der Waals surface area contributed by atoms with Gasteiger partial charge in [-0.2, -0.15) is 0 Å². The maximum atomic E-state index is 11.9. The van der Waals surface area contributed by atoms with Crippen molar-refractivity contribution in [2.45, 2.75) is 13.8 Å². The molecule has 146 valence electrons. The van der Waals surface area contributed by atoms with Crippen LogP contribution in [0.3, 0.4) is 0 Å². The van der Waals surface area contributed by atoms with Gasteiger partial charge in [0.2, 0.25) is 0 Å². The summed E-state index contributed by atoms with van der Waals surface area (Å²) in [6, 6.07) is 11.4. The Morgan fingerprint density at radius 3 is 2.54 bits per heavy atom. The van der Waals surface area contributed by atoms with Crippen LogP contribution in [0.5, 0.6) is 5.75 Å². The number of esters is 1. The van der Waals surface area contributed by atoms with Crippen molar-refractivity contribution in [3.8, 4) is 5.75 Å². The van der Waals surface area contributed by atoms with E-state index in [9.17, 15) is 19.7 Å². The third kappa shape index (κ3) is 6.24. The largest absolute Gasteiger partial charge is 0.494 e. The number of nitrogens with zero attached hydrogens (tertiary/aromatic N) is 1. The fourth-order valence-electron chi connectivity index (χ4n) is 2.27. The minimum Gasteiger partial charge on any atom is -0.494 e. The molecule has 1 amide bonds. The van der Waals surface area contributed by atoms with Crippen LogP contribution in [0.4, 0.5) is 11.4 Å². The van der Waals surface area contributed by atoms with Gasteiger partial charge in [0, 0.05) is 23.4 Å². The number of nitrogens with one attached hydrogen (secondary N) is 1. The molecule has 8 nitrogen and oxygen atoms in total. The third-order valence-corrected chi connectivity index (χ3v) is 3.64. The maximum Gasteiger partial charge on any atom is 0.331 e. The highest BCUT2D eigenvalue weighted by Crippen LogP contribution is 2.22. The van der Waals surface area contributed by atoms with E-state index in [1.165, 1.54) is 24.3 Å². The van der Waals surface area contributed by atoms with Crippen LogP contribution in [0.15, 0.2) is 48.5 Å². The summed E-state index contributed by atoms with van der Waals surface area (Å²) >= 11 is 0. The van der Waals surface area contributed by atoms with E-state index < -0.39 is 23.4 Å². The number of hydrogen-bond acceptors (Lipinski definition) is 6. The second kappa shape index (κ2) is 9.86. The fourth-order valence-corrected chi connectivity index (χ4v) is 2.27. The quantitative estimate of drug-likeness (QED) is 0.323. The molecule has 1 N–H and O–H groups in total. The first-order chi connectivity index (χ1) is 13.4. The number of amides is 1. The van der Waals surface area contributed by atoms with E-state index in [1.807, 2.05) is 6.92 Å². The van der Waals surface area contributed by atoms with Crippen molar-refractivity contribution in [2.24, 2.45) is 0 Å². The molecule has 28 heavy (non-hydrogen) atoms. The normalized spacial score (nSPS) is 10.5. The Balaban J connectivity index is 1.84. The van der Waals surface area contributed by atoms with Crippen LogP contribution < -0.4 is 10.1 Å². The van der Waals surface area contributed by atoms with Gasteiger partial charge in [0.15, 0.2) is 6.61 Å². The van der Waals surface area contributed by atoms with Gasteiger partial charge in [-0.3, -0.25) is 14.9 Å². The summed E-state index contributed by atoms with van der Waals surface area (Å²) in [6.45, 7) is 3.55. The van der Waals surface area contributed by atoms with Crippen molar-refractivity contribution >= 4 is 29.3 Å². The molecule has 0 spiro atoms. The smallest absolute Gasteiger partial charge is 0.331 e. The summed E-state index contributed by atoms with van der Waals surface area (Å²) in [4.78, 5) is 34.0. The van der Waals surface area contributed by atoms with Crippen LogP contribution in [0.25, 0.3) is 6.08 Å². The number of carbonyl (C=O) groups excluding carboxylic acids is 2. The lowest BCUT2D eigenvalue weighted by Gasteiger charge is -2.06. The van der Waals surface area contributed by atoms with E-state index in [-0.39, 0.29) is 11.4 Å². The highest BCUT2D eigenvalue weighted by Gasteiger charge is 2.13. The molecule has 0 saturated heterocycles. The number of anilines is 1. The van der Waals surface area contributed by atoms with Crippen LogP contribution in [-0.2, 0) is 14.3 Å². The topological polar surface area (TPSA) is 108 Å². The van der Waals surface area contributed by atoms with Gasteiger partial charge < -0.3 is 14.8 Å². The second-order valence-corrected chi connectivity index (χ2v) is 5.75. The fraction of sp³-hybridized carbons (Fsp3) is 0.200. The first-order valence-corrected chi connectivity index (χ1v) is 8.51. The van der Waals surface area contributed by atoms with Crippen molar-refractivity contribution in [2.75, 3.05) is 18.5 Å². The molecule has 0 aliphatic rings. The summed E-state index contributed by atoms with van der Waals surface area (Å²) in [6.07, 6.45) is 2.76. The zero-order valence-electron chi connectivity index (χ0n) is 15.5. The predicted octanol–water partition coefficient (Wildman–Crippen LogP) is 3.50. The number of rotatable bonds is 8. The molecule has 0 heterocycles. The Kier molecular flexibility index (Phi) is 7.27. The van der Waals surface area contributed by atoms with Gasteiger partial charge in [0.25, 0.3) is 11.6 Å². The Morgan fingerprint density at radius 1 is 1.18 bits per heavy atom. The van der Waals surface area contributed by atoms with Crippen molar-refractivity contribution < 1.29 is 24.0 Å². The Hall–Kier alpha value is -3.68. The maximum absolute atomic E-state index is 11.9. The highest BCUT2D eigenvalue weighted by atomic mass is 16.6. The molecular weight excluding hydrogens is 364 g/mol. The number of benzene rings is 2. The number of hydrogen-bond donors (Lipinski definition) is 1. The number of carbonyl (C=O) groups is 2. The lowest BCUT2D eigenvalue weighted by atomic mass is 10.2. The highest BCUT2D eigenvalue weighted by molar-refractivity contribution is 5.94. The SMILES string of the molecule is CCOc1ccc(/C=C/C(=O)OCC(=O)Nc2ccc(C)c([N+](=O)[O-])c2)cc1. The van der Waals surface area contributed by atoms with Crippen molar-refractivity contribution in [3.63, 3.8) is 0 Å². The molecule has 0 unspecified atom stereocenters. The second-order valence-electron chi connectivity index (χ2n) is 5.75. The van der Waals surface area contributed by atoms with Gasteiger partial charge in [0.05, 0.1) is 11.5 Å². The summed E-state index contributed by atoms with van der Waals surface area (Å²) in [5, 5.41) is 13.4. The molecule has 0 fully saturated rings. The Labute approximate surface area is 161 Å². The molecule has 0 radical (unpaired) electrons. The standard InChI is InChI=1S/C20H20N2O6/c1-3-27-17-9-5-15(6-10-17)7-11-20(24)28-13-19(23)21-16-8-4-14(2)18(12-16)22(25)26/h4-12H,3,13H2,1-2H3,(H,21,23)/b11-7+. The monoisotopic (exact) mass is 384 g/mol. The third-order valence-electron chi connectivity index (χ3n) is 3.64. The van der Waals surface area contributed by atoms with E-state index in [0.29, 0.717) is 12.2 Å². The molecule has 0 saturated carbocycles. The number of nitro benzene ring substituents is 1. The molecule has 0 aromatic heterocycles. The summed E-state index contributed by atoms with van der Waals surface area (Å²) in [5.74, 6) is -0.546. The van der Waals surface area contributed by atoms with E-state index in [2.05, 4.69) is 5.32 Å². The number of aryl methyl sites for hydroxylation is 1.